The molecular weight excluding hydrogens is 233 g/mol. The lowest BCUT2D eigenvalue weighted by atomic mass is 10.2. The fraction of sp³-hybridized carbons (Fsp3) is 0.364. The number of carbonyl (C=O) groups excluding carboxylic acids is 1. The number of ketones is 1. The van der Waals surface area contributed by atoms with E-state index in [1.807, 2.05) is 18.0 Å². The van der Waals surface area contributed by atoms with Crippen LogP contribution in [0.15, 0.2) is 18.2 Å². The highest BCUT2D eigenvalue weighted by Gasteiger charge is 2.04. The van der Waals surface area contributed by atoms with Crippen molar-refractivity contribution in [1.82, 2.24) is 0 Å². The molecule has 0 radical (unpaired) electrons. The van der Waals surface area contributed by atoms with E-state index in [0.29, 0.717) is 23.0 Å². The Kier molecular flexibility index (Phi) is 4.43. The summed E-state index contributed by atoms with van der Waals surface area (Å²) < 4.78 is 0. The molecule has 15 heavy (non-hydrogen) atoms. The van der Waals surface area contributed by atoms with Gasteiger partial charge in [0.1, 0.15) is 5.78 Å². The Morgan fingerprint density at radius 2 is 2.00 bits per heavy atom. The van der Waals surface area contributed by atoms with Crippen molar-refractivity contribution < 1.29 is 4.79 Å². The third-order valence-corrected chi connectivity index (χ3v) is 2.88. The monoisotopic (exact) mass is 245 g/mol. The first kappa shape index (κ1) is 12.3. The summed E-state index contributed by atoms with van der Waals surface area (Å²) >= 11 is 11.7. The van der Waals surface area contributed by atoms with Gasteiger partial charge in [0.2, 0.25) is 0 Å². The van der Waals surface area contributed by atoms with Gasteiger partial charge in [-0.2, -0.15) is 0 Å². The lowest BCUT2D eigenvalue weighted by Crippen LogP contribution is -2.20. The Hall–Kier alpha value is -0.730. The molecule has 2 nitrogen and oxygen atoms in total. The van der Waals surface area contributed by atoms with Crippen LogP contribution >= 0.6 is 23.2 Å². The summed E-state index contributed by atoms with van der Waals surface area (Å²) in [6.07, 6.45) is 0.538. The van der Waals surface area contributed by atoms with E-state index < -0.39 is 0 Å². The van der Waals surface area contributed by atoms with Crippen LogP contribution < -0.4 is 4.90 Å². The Bertz CT molecular complexity index is 366. The molecule has 4 heteroatoms. The normalized spacial score (nSPS) is 10.1. The van der Waals surface area contributed by atoms with Gasteiger partial charge in [-0.3, -0.25) is 4.79 Å². The fourth-order valence-electron chi connectivity index (χ4n) is 1.18. The maximum Gasteiger partial charge on any atom is 0.131 e. The predicted octanol–water partition coefficient (Wildman–Crippen LogP) is 3.41. The van der Waals surface area contributed by atoms with E-state index in [1.54, 1.807) is 19.1 Å². The standard InChI is InChI=1S/C11H13Cl2NO/c1-8(15)5-6-14(2)9-3-4-10(12)11(13)7-9/h3-4,7H,5-6H2,1-2H3. The van der Waals surface area contributed by atoms with Gasteiger partial charge in [0, 0.05) is 25.7 Å². The van der Waals surface area contributed by atoms with Crippen LogP contribution in [-0.4, -0.2) is 19.4 Å². The molecule has 0 bridgehead atoms. The molecule has 0 saturated heterocycles. The second-order valence-corrected chi connectivity index (χ2v) is 4.29. The largest absolute Gasteiger partial charge is 0.374 e. The first-order chi connectivity index (χ1) is 7.00. The Morgan fingerprint density at radius 3 is 2.53 bits per heavy atom. The molecule has 0 unspecified atom stereocenters. The van der Waals surface area contributed by atoms with E-state index in [0.717, 1.165) is 5.69 Å². The maximum atomic E-state index is 10.8. The van der Waals surface area contributed by atoms with Crippen LogP contribution in [0, 0.1) is 0 Å². The van der Waals surface area contributed by atoms with Gasteiger partial charge >= 0.3 is 0 Å². The van der Waals surface area contributed by atoms with Crippen molar-refractivity contribution in [3.63, 3.8) is 0 Å². The zero-order chi connectivity index (χ0) is 11.4. The van der Waals surface area contributed by atoms with E-state index >= 15 is 0 Å². The molecule has 0 atom stereocenters. The van der Waals surface area contributed by atoms with Crippen molar-refractivity contribution in [2.24, 2.45) is 0 Å². The topological polar surface area (TPSA) is 20.3 Å². The van der Waals surface area contributed by atoms with Crippen LogP contribution in [0.3, 0.4) is 0 Å². The predicted molar refractivity (Wildman–Crippen MR) is 65.0 cm³/mol. The smallest absolute Gasteiger partial charge is 0.131 e. The van der Waals surface area contributed by atoms with Gasteiger partial charge in [-0.05, 0) is 25.1 Å². The van der Waals surface area contributed by atoms with E-state index in [2.05, 4.69) is 0 Å². The molecule has 1 aromatic rings. The number of carbonyl (C=O) groups is 1. The molecule has 0 aromatic heterocycles. The third-order valence-electron chi connectivity index (χ3n) is 2.14. The number of nitrogens with zero attached hydrogens (tertiary/aromatic N) is 1. The number of halogens is 2. The number of anilines is 1. The van der Waals surface area contributed by atoms with Crippen LogP contribution in [0.2, 0.25) is 10.0 Å². The molecule has 0 aliphatic rings. The van der Waals surface area contributed by atoms with Crippen molar-refractivity contribution in [2.75, 3.05) is 18.5 Å². The minimum Gasteiger partial charge on any atom is -0.374 e. The molecule has 0 fully saturated rings. The van der Waals surface area contributed by atoms with Gasteiger partial charge in [-0.15, -0.1) is 0 Å². The van der Waals surface area contributed by atoms with E-state index in [9.17, 15) is 4.79 Å². The van der Waals surface area contributed by atoms with E-state index in [1.165, 1.54) is 0 Å². The zero-order valence-corrected chi connectivity index (χ0v) is 10.3. The average Bonchev–Trinajstić information content (AvgIpc) is 2.18. The summed E-state index contributed by atoms with van der Waals surface area (Å²) in [5.74, 6) is 0.182. The van der Waals surface area contributed by atoms with Gasteiger partial charge < -0.3 is 4.90 Å². The fourth-order valence-corrected chi connectivity index (χ4v) is 1.47. The minimum absolute atomic E-state index is 0.182. The molecular formula is C11H13Cl2NO. The van der Waals surface area contributed by atoms with Gasteiger partial charge in [-0.25, -0.2) is 0 Å². The second-order valence-electron chi connectivity index (χ2n) is 3.47. The van der Waals surface area contributed by atoms with Gasteiger partial charge in [0.15, 0.2) is 0 Å². The Morgan fingerprint density at radius 1 is 1.33 bits per heavy atom. The summed E-state index contributed by atoms with van der Waals surface area (Å²) in [5.41, 5.74) is 0.964. The van der Waals surface area contributed by atoms with Gasteiger partial charge in [-0.1, -0.05) is 23.2 Å². The highest BCUT2D eigenvalue weighted by molar-refractivity contribution is 6.42. The lowest BCUT2D eigenvalue weighted by molar-refractivity contribution is -0.116. The van der Waals surface area contributed by atoms with Gasteiger partial charge in [0.25, 0.3) is 0 Å². The Balaban J connectivity index is 2.69. The van der Waals surface area contributed by atoms with Crippen LogP contribution in [-0.2, 0) is 4.79 Å². The highest BCUT2D eigenvalue weighted by atomic mass is 35.5. The molecule has 0 spiro atoms. The van der Waals surface area contributed by atoms with Crippen LogP contribution in [0.4, 0.5) is 5.69 Å². The third kappa shape index (κ3) is 3.73. The van der Waals surface area contributed by atoms with Crippen molar-refractivity contribution in [2.45, 2.75) is 13.3 Å². The van der Waals surface area contributed by atoms with Crippen molar-refractivity contribution in [3.8, 4) is 0 Å². The van der Waals surface area contributed by atoms with Gasteiger partial charge in [0.05, 0.1) is 10.0 Å². The van der Waals surface area contributed by atoms with Crippen LogP contribution in [0.25, 0.3) is 0 Å². The molecule has 0 amide bonds. The molecule has 0 aliphatic heterocycles. The summed E-state index contributed by atoms with van der Waals surface area (Å²) in [6.45, 7) is 2.27. The molecule has 0 saturated carbocycles. The van der Waals surface area contributed by atoms with E-state index in [-0.39, 0.29) is 5.78 Å². The molecule has 1 rings (SSSR count). The first-order valence-corrected chi connectivity index (χ1v) is 5.42. The van der Waals surface area contributed by atoms with E-state index in [4.69, 9.17) is 23.2 Å². The minimum atomic E-state index is 0.182. The first-order valence-electron chi connectivity index (χ1n) is 4.66. The van der Waals surface area contributed by atoms with Crippen molar-refractivity contribution in [3.05, 3.63) is 28.2 Å². The highest BCUT2D eigenvalue weighted by Crippen LogP contribution is 2.26. The molecule has 1 aromatic carbocycles. The number of benzene rings is 1. The summed E-state index contributed by atoms with van der Waals surface area (Å²) in [4.78, 5) is 12.8. The quantitative estimate of drug-likeness (QED) is 0.811. The average molecular weight is 246 g/mol. The number of hydrogen-bond donors (Lipinski definition) is 0. The molecule has 0 N–H and O–H groups in total. The maximum absolute atomic E-state index is 10.8. The molecule has 0 aliphatic carbocycles. The zero-order valence-electron chi connectivity index (χ0n) is 8.76. The van der Waals surface area contributed by atoms with Crippen molar-refractivity contribution >= 4 is 34.7 Å². The molecule has 82 valence electrons. The Labute approximate surface area is 99.8 Å². The van der Waals surface area contributed by atoms with Crippen LogP contribution in [0.5, 0.6) is 0 Å². The molecule has 0 heterocycles. The summed E-state index contributed by atoms with van der Waals surface area (Å²) in [7, 11) is 1.92. The number of hydrogen-bond acceptors (Lipinski definition) is 2. The number of Topliss-reactive ketones (excluding diaryl/α,β-unsaturated/α-hetero) is 1. The summed E-state index contributed by atoms with van der Waals surface area (Å²) in [6, 6.07) is 5.43. The summed E-state index contributed by atoms with van der Waals surface area (Å²) in [5, 5.41) is 1.07. The lowest BCUT2D eigenvalue weighted by Gasteiger charge is -2.18. The second kappa shape index (κ2) is 5.38. The van der Waals surface area contributed by atoms with Crippen molar-refractivity contribution in [1.29, 1.82) is 0 Å². The van der Waals surface area contributed by atoms with Crippen LogP contribution in [0.1, 0.15) is 13.3 Å². The number of rotatable bonds is 4. The SMILES string of the molecule is CC(=O)CCN(C)c1ccc(Cl)c(Cl)c1.